The Morgan fingerprint density at radius 3 is 2.57 bits per heavy atom. The molecule has 8 heteroatoms. The first kappa shape index (κ1) is 18.8. The molecule has 1 aromatic rings. The van der Waals surface area contributed by atoms with Crippen LogP contribution in [0.25, 0.3) is 0 Å². The lowest BCUT2D eigenvalue weighted by Gasteiger charge is -2.24. The van der Waals surface area contributed by atoms with Gasteiger partial charge in [-0.3, -0.25) is 4.68 Å². The van der Waals surface area contributed by atoms with E-state index in [1.54, 1.807) is 37.3 Å². The Morgan fingerprint density at radius 1 is 1.43 bits per heavy atom. The van der Waals surface area contributed by atoms with Crippen molar-refractivity contribution in [2.24, 2.45) is 0 Å². The molecule has 0 N–H and O–H groups in total. The van der Waals surface area contributed by atoms with E-state index in [0.717, 1.165) is 12.2 Å². The van der Waals surface area contributed by atoms with Crippen LogP contribution in [-0.4, -0.2) is 53.5 Å². The maximum absolute atomic E-state index is 12.8. The van der Waals surface area contributed by atoms with Crippen LogP contribution >= 0.6 is 23.4 Å². The molecule has 0 radical (unpaired) electrons. The van der Waals surface area contributed by atoms with Gasteiger partial charge in [-0.25, -0.2) is 8.42 Å². The summed E-state index contributed by atoms with van der Waals surface area (Å²) in [5, 5.41) is 4.29. The van der Waals surface area contributed by atoms with E-state index >= 15 is 0 Å². The normalized spacial score (nSPS) is 13.9. The third kappa shape index (κ3) is 4.15. The monoisotopic (exact) mass is 353 g/mol. The maximum atomic E-state index is 12.8. The van der Waals surface area contributed by atoms with Gasteiger partial charge in [-0.1, -0.05) is 0 Å². The molecular formula is C13H24ClN3O2S2. The van der Waals surface area contributed by atoms with Crippen LogP contribution in [0.4, 0.5) is 0 Å². The molecule has 0 aliphatic carbocycles. The predicted molar refractivity (Wildman–Crippen MR) is 89.8 cm³/mol. The Bertz CT molecular complexity index is 572. The summed E-state index contributed by atoms with van der Waals surface area (Å²) in [5.74, 6) is 1.34. The largest absolute Gasteiger partial charge is 0.267 e. The number of halogens is 1. The molecule has 0 saturated heterocycles. The van der Waals surface area contributed by atoms with Gasteiger partial charge in [0.05, 0.1) is 17.9 Å². The minimum Gasteiger partial charge on any atom is -0.267 e. The first-order valence-corrected chi connectivity index (χ1v) is 10.2. The zero-order valence-electron chi connectivity index (χ0n) is 13.3. The molecule has 1 atom stereocenters. The van der Waals surface area contributed by atoms with Crippen LogP contribution in [-0.2, 0) is 16.6 Å². The Balaban J connectivity index is 3.13. The first-order chi connectivity index (χ1) is 9.77. The van der Waals surface area contributed by atoms with Gasteiger partial charge < -0.3 is 0 Å². The van der Waals surface area contributed by atoms with Crippen molar-refractivity contribution in [3.05, 3.63) is 11.4 Å². The lowest BCUT2D eigenvalue weighted by atomic mass is 10.3. The van der Waals surface area contributed by atoms with Gasteiger partial charge in [0.1, 0.15) is 4.90 Å². The highest BCUT2D eigenvalue weighted by molar-refractivity contribution is 7.98. The summed E-state index contributed by atoms with van der Waals surface area (Å²) in [4.78, 5) is 0.311. The zero-order valence-corrected chi connectivity index (χ0v) is 15.6. The summed E-state index contributed by atoms with van der Waals surface area (Å²) in [5.41, 5.74) is 1.18. The van der Waals surface area contributed by atoms with Crippen LogP contribution < -0.4 is 0 Å². The number of thioether (sulfide) groups is 1. The molecule has 122 valence electrons. The molecule has 1 aromatic heterocycles. The van der Waals surface area contributed by atoms with Crippen LogP contribution in [0.1, 0.15) is 24.7 Å². The molecule has 1 heterocycles. The minimum atomic E-state index is -3.53. The highest BCUT2D eigenvalue weighted by atomic mass is 35.5. The maximum Gasteiger partial charge on any atom is 0.246 e. The summed E-state index contributed by atoms with van der Waals surface area (Å²) in [7, 11) is -1.89. The SMILES string of the molecule is CSCCC(C)N(C)S(=O)(=O)c1c(C)nn(CCCl)c1C. The van der Waals surface area contributed by atoms with Gasteiger partial charge in [0, 0.05) is 19.0 Å². The molecule has 21 heavy (non-hydrogen) atoms. The molecule has 0 saturated carbocycles. The van der Waals surface area contributed by atoms with E-state index in [4.69, 9.17) is 11.6 Å². The van der Waals surface area contributed by atoms with Gasteiger partial charge in [-0.05, 0) is 39.2 Å². The van der Waals surface area contributed by atoms with Crippen molar-refractivity contribution in [1.82, 2.24) is 14.1 Å². The lowest BCUT2D eigenvalue weighted by molar-refractivity contribution is 0.382. The Morgan fingerprint density at radius 2 is 2.05 bits per heavy atom. The number of rotatable bonds is 8. The quantitative estimate of drug-likeness (QED) is 0.674. The van der Waals surface area contributed by atoms with E-state index < -0.39 is 10.0 Å². The van der Waals surface area contributed by atoms with Crippen molar-refractivity contribution < 1.29 is 8.42 Å². The molecule has 0 fully saturated rings. The molecule has 1 unspecified atom stereocenters. The van der Waals surface area contributed by atoms with E-state index in [0.29, 0.717) is 28.7 Å². The summed E-state index contributed by atoms with van der Waals surface area (Å²) in [6, 6.07) is -0.0439. The summed E-state index contributed by atoms with van der Waals surface area (Å²) in [6.07, 6.45) is 2.84. The van der Waals surface area contributed by atoms with Crippen LogP contribution in [0.3, 0.4) is 0 Å². The summed E-state index contributed by atoms with van der Waals surface area (Å²) < 4.78 is 28.8. The van der Waals surface area contributed by atoms with Gasteiger partial charge in [0.25, 0.3) is 0 Å². The van der Waals surface area contributed by atoms with Crippen LogP contribution in [0.5, 0.6) is 0 Å². The highest BCUT2D eigenvalue weighted by Crippen LogP contribution is 2.25. The molecule has 0 amide bonds. The third-order valence-corrected chi connectivity index (χ3v) is 6.65. The topological polar surface area (TPSA) is 55.2 Å². The van der Waals surface area contributed by atoms with Crippen molar-refractivity contribution in [1.29, 1.82) is 0 Å². The van der Waals surface area contributed by atoms with E-state index in [2.05, 4.69) is 5.10 Å². The number of nitrogens with zero attached hydrogens (tertiary/aromatic N) is 3. The van der Waals surface area contributed by atoms with Gasteiger partial charge in [-0.2, -0.15) is 21.2 Å². The summed E-state index contributed by atoms with van der Waals surface area (Å²) >= 11 is 7.45. The molecule has 1 rings (SSSR count). The Labute approximate surface area is 137 Å². The molecule has 0 spiro atoms. The van der Waals surface area contributed by atoms with Crippen molar-refractivity contribution in [3.63, 3.8) is 0 Å². The average molecular weight is 354 g/mol. The first-order valence-electron chi connectivity index (χ1n) is 6.84. The average Bonchev–Trinajstić information content (AvgIpc) is 2.70. The van der Waals surface area contributed by atoms with E-state index in [1.807, 2.05) is 13.2 Å². The number of hydrogen-bond donors (Lipinski definition) is 0. The summed E-state index contributed by atoms with van der Waals surface area (Å²) in [6.45, 7) is 5.95. The van der Waals surface area contributed by atoms with Crippen LogP contribution in [0.2, 0.25) is 0 Å². The molecular weight excluding hydrogens is 330 g/mol. The van der Waals surface area contributed by atoms with E-state index in [9.17, 15) is 8.42 Å². The second kappa shape index (κ2) is 7.85. The van der Waals surface area contributed by atoms with Gasteiger partial charge in [0.15, 0.2) is 0 Å². The molecule has 0 bridgehead atoms. The fourth-order valence-electron chi connectivity index (χ4n) is 2.20. The number of aryl methyl sites for hydroxylation is 2. The predicted octanol–water partition coefficient (Wildman–Crippen LogP) is 2.50. The lowest BCUT2D eigenvalue weighted by Crippen LogP contribution is -2.36. The molecule has 0 aliphatic rings. The van der Waals surface area contributed by atoms with Crippen molar-refractivity contribution in [3.8, 4) is 0 Å². The Kier molecular flexibility index (Phi) is 7.03. The fraction of sp³-hybridized carbons (Fsp3) is 0.769. The smallest absolute Gasteiger partial charge is 0.246 e. The van der Waals surface area contributed by atoms with Gasteiger partial charge in [0.2, 0.25) is 10.0 Å². The van der Waals surface area contributed by atoms with Gasteiger partial charge >= 0.3 is 0 Å². The van der Waals surface area contributed by atoms with Crippen molar-refractivity contribution >= 4 is 33.4 Å². The minimum absolute atomic E-state index is 0.0439. The number of hydrogen-bond acceptors (Lipinski definition) is 4. The number of sulfonamides is 1. The van der Waals surface area contributed by atoms with Gasteiger partial charge in [-0.15, -0.1) is 11.6 Å². The number of aromatic nitrogens is 2. The van der Waals surface area contributed by atoms with Crippen LogP contribution in [0.15, 0.2) is 4.90 Å². The molecule has 5 nitrogen and oxygen atoms in total. The number of alkyl halides is 1. The molecule has 0 aliphatic heterocycles. The van der Waals surface area contributed by atoms with E-state index in [-0.39, 0.29) is 6.04 Å². The van der Waals surface area contributed by atoms with E-state index in [1.165, 1.54) is 4.31 Å². The second-order valence-corrected chi connectivity index (χ2v) is 8.36. The Hall–Kier alpha value is -0.240. The van der Waals surface area contributed by atoms with Crippen molar-refractivity contribution in [2.45, 2.75) is 44.7 Å². The second-order valence-electron chi connectivity index (χ2n) is 5.06. The highest BCUT2D eigenvalue weighted by Gasteiger charge is 2.31. The zero-order chi connectivity index (χ0) is 16.2. The van der Waals surface area contributed by atoms with Crippen molar-refractivity contribution in [2.75, 3.05) is 24.9 Å². The molecule has 0 aromatic carbocycles. The fourth-order valence-corrected chi connectivity index (χ4v) is 4.70. The third-order valence-electron chi connectivity index (χ3n) is 3.61. The standard InChI is InChI=1S/C13H24ClN3O2S2/c1-10(6-9-20-5)16(4)21(18,19)13-11(2)15-17(8-7-14)12(13)3/h10H,6-9H2,1-5H3. The van der Waals surface area contributed by atoms with Crippen LogP contribution in [0, 0.1) is 13.8 Å².